The van der Waals surface area contributed by atoms with Crippen molar-refractivity contribution >= 4 is 11.6 Å². The molecule has 140 valence electrons. The monoisotopic (exact) mass is 365 g/mol. The zero-order valence-electron chi connectivity index (χ0n) is 15.6. The molecule has 0 N–H and O–H groups in total. The van der Waals surface area contributed by atoms with Gasteiger partial charge in [-0.3, -0.25) is 14.0 Å². The molecule has 27 heavy (non-hydrogen) atoms. The van der Waals surface area contributed by atoms with Crippen molar-refractivity contribution in [2.45, 2.75) is 33.2 Å². The van der Waals surface area contributed by atoms with Crippen molar-refractivity contribution in [2.24, 2.45) is 5.92 Å². The lowest BCUT2D eigenvalue weighted by atomic mass is 9.96. The summed E-state index contributed by atoms with van der Waals surface area (Å²) in [6.45, 7) is 5.74. The first-order valence-electron chi connectivity index (χ1n) is 9.30. The number of aromatic nitrogens is 4. The Labute approximate surface area is 157 Å². The fourth-order valence-corrected chi connectivity index (χ4v) is 3.77. The van der Waals surface area contributed by atoms with E-state index in [1.54, 1.807) is 16.8 Å². The SMILES string of the molecule is Cc1ccc(=O)n(CC2CCN(C(=O)c3c(C)nc4ccccn34)CC2)n1. The molecule has 7 nitrogen and oxygen atoms in total. The standard InChI is InChI=1S/C20H23N5O2/c1-14-6-7-18(26)25(22-14)13-16-8-11-23(12-9-16)20(27)19-15(2)21-17-5-3-4-10-24(17)19/h3-7,10,16H,8-9,11-13H2,1-2H3. The van der Waals surface area contributed by atoms with E-state index in [0.717, 1.165) is 29.9 Å². The minimum Gasteiger partial charge on any atom is -0.337 e. The van der Waals surface area contributed by atoms with E-state index in [-0.39, 0.29) is 11.5 Å². The largest absolute Gasteiger partial charge is 0.337 e. The molecular formula is C20H23N5O2. The quantitative estimate of drug-likeness (QED) is 0.712. The fourth-order valence-electron chi connectivity index (χ4n) is 3.77. The van der Waals surface area contributed by atoms with Gasteiger partial charge in [-0.2, -0.15) is 5.10 Å². The van der Waals surface area contributed by atoms with E-state index in [2.05, 4.69) is 10.1 Å². The number of hydrogen-bond acceptors (Lipinski definition) is 4. The first-order valence-corrected chi connectivity index (χ1v) is 9.30. The summed E-state index contributed by atoms with van der Waals surface area (Å²) in [6, 6.07) is 9.03. The first kappa shape index (κ1) is 17.5. The lowest BCUT2D eigenvalue weighted by Gasteiger charge is -2.32. The van der Waals surface area contributed by atoms with E-state index in [1.165, 1.54) is 0 Å². The van der Waals surface area contributed by atoms with E-state index in [1.807, 2.05) is 47.5 Å². The molecule has 0 aliphatic carbocycles. The molecule has 0 atom stereocenters. The highest BCUT2D eigenvalue weighted by atomic mass is 16.2. The molecule has 1 saturated heterocycles. The Bertz CT molecular complexity index is 1040. The van der Waals surface area contributed by atoms with Gasteiger partial charge >= 0.3 is 0 Å². The van der Waals surface area contributed by atoms with Crippen molar-refractivity contribution in [3.8, 4) is 0 Å². The highest BCUT2D eigenvalue weighted by Gasteiger charge is 2.27. The van der Waals surface area contributed by atoms with Gasteiger partial charge in [-0.25, -0.2) is 9.67 Å². The normalized spacial score (nSPS) is 15.4. The highest BCUT2D eigenvalue weighted by molar-refractivity contribution is 5.94. The van der Waals surface area contributed by atoms with Crippen molar-refractivity contribution in [1.29, 1.82) is 0 Å². The van der Waals surface area contributed by atoms with Gasteiger partial charge in [-0.05, 0) is 50.8 Å². The average Bonchev–Trinajstić information content (AvgIpc) is 3.00. The molecule has 3 aromatic rings. The Morgan fingerprint density at radius 2 is 1.93 bits per heavy atom. The van der Waals surface area contributed by atoms with Gasteiger partial charge in [0.2, 0.25) is 0 Å². The maximum absolute atomic E-state index is 13.1. The molecule has 0 radical (unpaired) electrons. The van der Waals surface area contributed by atoms with Gasteiger partial charge in [-0.15, -0.1) is 0 Å². The van der Waals surface area contributed by atoms with Crippen LogP contribution in [0.15, 0.2) is 41.3 Å². The topological polar surface area (TPSA) is 72.5 Å². The van der Waals surface area contributed by atoms with Crippen LogP contribution in [0.1, 0.15) is 34.7 Å². The minimum absolute atomic E-state index is 0.0236. The minimum atomic E-state index is -0.0690. The van der Waals surface area contributed by atoms with Crippen LogP contribution >= 0.6 is 0 Å². The van der Waals surface area contributed by atoms with Gasteiger partial charge in [0.15, 0.2) is 0 Å². The zero-order chi connectivity index (χ0) is 19.0. The van der Waals surface area contributed by atoms with Gasteiger partial charge in [0.1, 0.15) is 11.3 Å². The number of likely N-dealkylation sites (tertiary alicyclic amines) is 1. The molecule has 4 rings (SSSR count). The second-order valence-electron chi connectivity index (χ2n) is 7.21. The van der Waals surface area contributed by atoms with Crippen molar-refractivity contribution < 1.29 is 4.79 Å². The number of imidazole rings is 1. The van der Waals surface area contributed by atoms with Crippen LogP contribution in [0.5, 0.6) is 0 Å². The van der Waals surface area contributed by atoms with Crippen molar-refractivity contribution in [2.75, 3.05) is 13.1 Å². The summed E-state index contributed by atoms with van der Waals surface area (Å²) in [5.41, 5.74) is 2.95. The Hall–Kier alpha value is -2.96. The van der Waals surface area contributed by atoms with Gasteiger partial charge in [0.25, 0.3) is 11.5 Å². The van der Waals surface area contributed by atoms with Gasteiger partial charge in [0, 0.05) is 31.9 Å². The first-order chi connectivity index (χ1) is 13.0. The van der Waals surface area contributed by atoms with Crippen molar-refractivity contribution in [1.82, 2.24) is 24.1 Å². The summed E-state index contributed by atoms with van der Waals surface area (Å²) in [7, 11) is 0. The maximum atomic E-state index is 13.1. The number of carbonyl (C=O) groups excluding carboxylic acids is 1. The third-order valence-corrected chi connectivity index (χ3v) is 5.24. The second kappa shape index (κ2) is 6.98. The molecule has 0 spiro atoms. The molecule has 4 heterocycles. The van der Waals surface area contributed by atoms with E-state index in [0.29, 0.717) is 31.2 Å². The van der Waals surface area contributed by atoms with Crippen LogP contribution < -0.4 is 5.56 Å². The maximum Gasteiger partial charge on any atom is 0.272 e. The molecular weight excluding hydrogens is 342 g/mol. The summed E-state index contributed by atoms with van der Waals surface area (Å²) in [4.78, 5) is 31.4. The Balaban J connectivity index is 1.46. The molecule has 0 aromatic carbocycles. The Kier molecular flexibility index (Phi) is 4.51. The summed E-state index contributed by atoms with van der Waals surface area (Å²) in [6.07, 6.45) is 3.61. The summed E-state index contributed by atoms with van der Waals surface area (Å²) >= 11 is 0. The lowest BCUT2D eigenvalue weighted by molar-refractivity contribution is 0.0672. The fraction of sp³-hybridized carbons (Fsp3) is 0.400. The van der Waals surface area contributed by atoms with Crippen LogP contribution in [0.4, 0.5) is 0 Å². The Morgan fingerprint density at radius 3 is 2.70 bits per heavy atom. The summed E-state index contributed by atoms with van der Waals surface area (Å²) in [5, 5.41) is 4.32. The number of rotatable bonds is 3. The predicted octanol–water partition coefficient (Wildman–Crippen LogP) is 2.06. The molecule has 1 fully saturated rings. The van der Waals surface area contributed by atoms with Crippen LogP contribution in [0.2, 0.25) is 0 Å². The van der Waals surface area contributed by atoms with Gasteiger partial charge in [-0.1, -0.05) is 6.07 Å². The molecule has 1 amide bonds. The molecule has 1 aliphatic heterocycles. The number of nitrogens with zero attached hydrogens (tertiary/aromatic N) is 5. The van der Waals surface area contributed by atoms with E-state index >= 15 is 0 Å². The molecule has 7 heteroatoms. The number of pyridine rings is 1. The van der Waals surface area contributed by atoms with Gasteiger partial charge in [0.05, 0.1) is 11.4 Å². The van der Waals surface area contributed by atoms with Crippen LogP contribution in [0.25, 0.3) is 5.65 Å². The molecule has 3 aromatic heterocycles. The smallest absolute Gasteiger partial charge is 0.272 e. The van der Waals surface area contributed by atoms with Crippen LogP contribution in [-0.4, -0.2) is 43.1 Å². The highest BCUT2D eigenvalue weighted by Crippen LogP contribution is 2.22. The number of aryl methyl sites for hydroxylation is 2. The summed E-state index contributed by atoms with van der Waals surface area (Å²) < 4.78 is 3.41. The number of carbonyl (C=O) groups is 1. The summed E-state index contributed by atoms with van der Waals surface area (Å²) in [5.74, 6) is 0.375. The third kappa shape index (κ3) is 3.37. The van der Waals surface area contributed by atoms with Crippen molar-refractivity contribution in [3.05, 3.63) is 64.0 Å². The second-order valence-corrected chi connectivity index (χ2v) is 7.21. The van der Waals surface area contributed by atoms with Crippen LogP contribution in [-0.2, 0) is 6.54 Å². The number of hydrogen-bond donors (Lipinski definition) is 0. The predicted molar refractivity (Wildman–Crippen MR) is 102 cm³/mol. The molecule has 0 bridgehead atoms. The number of piperidine rings is 1. The average molecular weight is 365 g/mol. The molecule has 0 unspecified atom stereocenters. The van der Waals surface area contributed by atoms with Crippen LogP contribution in [0.3, 0.4) is 0 Å². The lowest BCUT2D eigenvalue weighted by Crippen LogP contribution is -2.41. The van der Waals surface area contributed by atoms with Gasteiger partial charge < -0.3 is 4.90 Å². The number of fused-ring (bicyclic) bond motifs is 1. The van der Waals surface area contributed by atoms with E-state index < -0.39 is 0 Å². The van der Waals surface area contributed by atoms with Crippen LogP contribution in [0, 0.1) is 19.8 Å². The Morgan fingerprint density at radius 1 is 1.15 bits per heavy atom. The zero-order valence-corrected chi connectivity index (χ0v) is 15.6. The van der Waals surface area contributed by atoms with E-state index in [9.17, 15) is 9.59 Å². The molecule has 0 saturated carbocycles. The van der Waals surface area contributed by atoms with Crippen molar-refractivity contribution in [3.63, 3.8) is 0 Å². The molecule has 1 aliphatic rings. The third-order valence-electron chi connectivity index (χ3n) is 5.24. The number of amides is 1. The van der Waals surface area contributed by atoms with E-state index in [4.69, 9.17) is 0 Å².